The van der Waals surface area contributed by atoms with E-state index >= 15 is 0 Å². The zero-order valence-corrected chi connectivity index (χ0v) is 30.3. The lowest BCUT2D eigenvalue weighted by Gasteiger charge is -2.30. The lowest BCUT2D eigenvalue weighted by Crippen LogP contribution is -2.28. The zero-order valence-electron chi connectivity index (χ0n) is 30.3. The molecule has 1 aromatic heterocycles. The predicted molar refractivity (Wildman–Crippen MR) is 197 cm³/mol. The van der Waals surface area contributed by atoms with Crippen LogP contribution in [-0.2, 0) is 33.5 Å². The Hall–Kier alpha value is -4.27. The number of hydrogen-bond donors (Lipinski definition) is 1. The van der Waals surface area contributed by atoms with Crippen molar-refractivity contribution in [2.24, 2.45) is 5.92 Å². The molecule has 3 aromatic carbocycles. The van der Waals surface area contributed by atoms with Gasteiger partial charge in [-0.1, -0.05) is 30.3 Å². The number of fused-ring (bicyclic) bond motifs is 1. The minimum absolute atomic E-state index is 0.255. The Morgan fingerprint density at radius 2 is 1.69 bits per heavy atom. The lowest BCUT2D eigenvalue weighted by atomic mass is 9.84. The molecule has 0 amide bonds. The predicted octanol–water partition coefficient (Wildman–Crippen LogP) is 9.50. The van der Waals surface area contributed by atoms with Crippen molar-refractivity contribution in [2.45, 2.75) is 90.8 Å². The van der Waals surface area contributed by atoms with Crippen LogP contribution in [0.4, 0.5) is 4.39 Å². The van der Waals surface area contributed by atoms with Crippen molar-refractivity contribution in [1.29, 1.82) is 0 Å². The molecule has 0 radical (unpaired) electrons. The second-order valence-corrected chi connectivity index (χ2v) is 14.7. The van der Waals surface area contributed by atoms with E-state index in [1.165, 1.54) is 12.1 Å². The molecule has 1 atom stereocenters. The van der Waals surface area contributed by atoms with E-state index in [0.717, 1.165) is 103 Å². The van der Waals surface area contributed by atoms with Gasteiger partial charge >= 0.3 is 5.97 Å². The van der Waals surface area contributed by atoms with Crippen molar-refractivity contribution in [3.05, 3.63) is 101 Å². The van der Waals surface area contributed by atoms with Gasteiger partial charge in [-0.2, -0.15) is 0 Å². The van der Waals surface area contributed by atoms with Crippen LogP contribution in [0, 0.1) is 18.7 Å². The van der Waals surface area contributed by atoms with Crippen LogP contribution < -0.4 is 9.47 Å². The minimum Gasteiger partial charge on any atom is -0.493 e. The molecule has 1 fully saturated rings. The van der Waals surface area contributed by atoms with Crippen molar-refractivity contribution in [3.63, 3.8) is 0 Å². The number of rotatable bonds is 13. The molecule has 2 aliphatic heterocycles. The lowest BCUT2D eigenvalue weighted by molar-refractivity contribution is -0.160. The van der Waals surface area contributed by atoms with Crippen molar-refractivity contribution in [3.8, 4) is 33.8 Å². The summed E-state index contributed by atoms with van der Waals surface area (Å²) in [5, 5.41) is 10.7. The Morgan fingerprint density at radius 3 is 2.39 bits per heavy atom. The molecule has 7 nitrogen and oxygen atoms in total. The second-order valence-electron chi connectivity index (χ2n) is 14.7. The molecule has 0 spiro atoms. The van der Waals surface area contributed by atoms with E-state index in [4.69, 9.17) is 23.9 Å². The van der Waals surface area contributed by atoms with Crippen LogP contribution in [0.15, 0.2) is 66.7 Å². The Kier molecular flexibility index (Phi) is 11.7. The van der Waals surface area contributed by atoms with Gasteiger partial charge in [-0.15, -0.1) is 0 Å². The van der Waals surface area contributed by atoms with Crippen LogP contribution in [0.1, 0.15) is 87.1 Å². The number of hydrogen-bond acceptors (Lipinski definition) is 6. The standard InChI is InChI=1S/C43H50FNO6/c1-28-38(41(42(46)47)51-43(2,3)4)40(33-14-19-37-32(27-33)8-6-23-50-37)39(36(45-28)9-5-7-29-20-24-48-25-21-29)31-12-17-35(18-13-31)49-26-22-30-10-15-34(44)16-11-30/h10-19,27,29,41H,5-9,20-26H2,1-4H3,(H,46,47)/t41-/m0/s1. The van der Waals surface area contributed by atoms with E-state index in [9.17, 15) is 14.3 Å². The first-order valence-corrected chi connectivity index (χ1v) is 18.3. The summed E-state index contributed by atoms with van der Waals surface area (Å²) in [6.45, 7) is 10.3. The normalized spacial score (nSPS) is 15.5. The first-order valence-electron chi connectivity index (χ1n) is 18.3. The number of aliphatic carboxylic acids is 1. The molecule has 0 aliphatic carbocycles. The number of aryl methyl sites for hydroxylation is 3. The van der Waals surface area contributed by atoms with Crippen molar-refractivity contribution >= 4 is 5.97 Å². The Labute approximate surface area is 301 Å². The van der Waals surface area contributed by atoms with Gasteiger partial charge in [0, 0.05) is 42.1 Å². The highest BCUT2D eigenvalue weighted by Crippen LogP contribution is 2.45. The highest BCUT2D eigenvalue weighted by molar-refractivity contribution is 5.91. The zero-order chi connectivity index (χ0) is 36.0. The first-order chi connectivity index (χ1) is 24.6. The maximum atomic E-state index is 13.4. The third-order valence-electron chi connectivity index (χ3n) is 9.74. The van der Waals surface area contributed by atoms with E-state index in [2.05, 4.69) is 6.07 Å². The summed E-state index contributed by atoms with van der Waals surface area (Å²) in [7, 11) is 0. The van der Waals surface area contributed by atoms with E-state index in [0.29, 0.717) is 42.6 Å². The first kappa shape index (κ1) is 36.5. The molecule has 51 heavy (non-hydrogen) atoms. The molecule has 0 unspecified atom stereocenters. The van der Waals surface area contributed by atoms with Crippen LogP contribution in [0.25, 0.3) is 22.3 Å². The van der Waals surface area contributed by atoms with Crippen LogP contribution in [0.5, 0.6) is 11.5 Å². The number of aromatic nitrogens is 1. The summed E-state index contributed by atoms with van der Waals surface area (Å²) >= 11 is 0. The number of carboxylic acids is 1. The van der Waals surface area contributed by atoms with Gasteiger partial charge in [-0.05, 0) is 143 Å². The smallest absolute Gasteiger partial charge is 0.337 e. The highest BCUT2D eigenvalue weighted by Gasteiger charge is 2.34. The summed E-state index contributed by atoms with van der Waals surface area (Å²) in [5.41, 5.74) is 7.16. The summed E-state index contributed by atoms with van der Waals surface area (Å²) in [6, 6.07) is 20.7. The van der Waals surface area contributed by atoms with Gasteiger partial charge in [-0.3, -0.25) is 4.98 Å². The van der Waals surface area contributed by atoms with Crippen molar-refractivity contribution in [1.82, 2.24) is 4.98 Å². The number of pyridine rings is 1. The summed E-state index contributed by atoms with van der Waals surface area (Å²) in [5.74, 6) is 0.911. The van der Waals surface area contributed by atoms with E-state index in [1.54, 1.807) is 12.1 Å². The topological polar surface area (TPSA) is 87.1 Å². The molecule has 3 heterocycles. The van der Waals surface area contributed by atoms with E-state index < -0.39 is 17.7 Å². The number of carboxylic acid groups (broad SMARTS) is 1. The molecule has 0 bridgehead atoms. The number of halogens is 1. The molecule has 4 aromatic rings. The quantitative estimate of drug-likeness (QED) is 0.149. The van der Waals surface area contributed by atoms with Gasteiger partial charge in [0.1, 0.15) is 17.3 Å². The van der Waals surface area contributed by atoms with Crippen molar-refractivity contribution in [2.75, 3.05) is 26.4 Å². The molecule has 0 saturated carbocycles. The summed E-state index contributed by atoms with van der Waals surface area (Å²) < 4.78 is 37.4. The van der Waals surface area contributed by atoms with Gasteiger partial charge < -0.3 is 24.1 Å². The monoisotopic (exact) mass is 695 g/mol. The molecule has 6 rings (SSSR count). The molecule has 1 saturated heterocycles. The molecule has 8 heteroatoms. The number of ether oxygens (including phenoxy) is 4. The average Bonchev–Trinajstić information content (AvgIpc) is 3.11. The second kappa shape index (κ2) is 16.4. The van der Waals surface area contributed by atoms with Gasteiger partial charge in [0.15, 0.2) is 6.10 Å². The fraction of sp³-hybridized carbons (Fsp3) is 0.442. The largest absolute Gasteiger partial charge is 0.493 e. The average molecular weight is 696 g/mol. The van der Waals surface area contributed by atoms with Crippen LogP contribution in [0.3, 0.4) is 0 Å². The van der Waals surface area contributed by atoms with Gasteiger partial charge in [0.05, 0.1) is 18.8 Å². The maximum absolute atomic E-state index is 13.4. The minimum atomic E-state index is -1.23. The van der Waals surface area contributed by atoms with Crippen molar-refractivity contribution < 1.29 is 33.2 Å². The Morgan fingerprint density at radius 1 is 0.961 bits per heavy atom. The number of benzene rings is 3. The van der Waals surface area contributed by atoms with Crippen LogP contribution in [0.2, 0.25) is 0 Å². The SMILES string of the molecule is Cc1nc(CCCC2CCOCC2)c(-c2ccc(OCCc3ccc(F)cc3)cc2)c(-c2ccc3c(c2)CCCO3)c1[C@H](OC(C)(C)C)C(=O)O. The van der Waals surface area contributed by atoms with Gasteiger partial charge in [0.25, 0.3) is 0 Å². The van der Waals surface area contributed by atoms with E-state index in [1.807, 2.05) is 64.1 Å². The fourth-order valence-corrected chi connectivity index (χ4v) is 7.24. The highest BCUT2D eigenvalue weighted by atomic mass is 19.1. The molecule has 1 N–H and O–H groups in total. The van der Waals surface area contributed by atoms with Crippen LogP contribution >= 0.6 is 0 Å². The molecule has 270 valence electrons. The Balaban J connectivity index is 1.44. The third-order valence-corrected chi connectivity index (χ3v) is 9.74. The van der Waals surface area contributed by atoms with Crippen LogP contribution in [-0.4, -0.2) is 48.1 Å². The summed E-state index contributed by atoms with van der Waals surface area (Å²) in [4.78, 5) is 18.3. The summed E-state index contributed by atoms with van der Waals surface area (Å²) in [6.07, 6.45) is 6.20. The maximum Gasteiger partial charge on any atom is 0.337 e. The number of nitrogens with zero attached hydrogens (tertiary/aromatic N) is 1. The third kappa shape index (κ3) is 9.35. The Bertz CT molecular complexity index is 1790. The number of carbonyl (C=O) groups is 1. The van der Waals surface area contributed by atoms with Gasteiger partial charge in [-0.25, -0.2) is 9.18 Å². The molecule has 2 aliphatic rings. The molecular formula is C43H50FNO6. The van der Waals surface area contributed by atoms with Gasteiger partial charge in [0.2, 0.25) is 0 Å². The van der Waals surface area contributed by atoms with E-state index in [-0.39, 0.29) is 5.82 Å². The molecular weight excluding hydrogens is 645 g/mol. The fourth-order valence-electron chi connectivity index (χ4n) is 7.24.